The highest BCUT2D eigenvalue weighted by molar-refractivity contribution is 8.15. The third-order valence-corrected chi connectivity index (χ3v) is 8.23. The van der Waals surface area contributed by atoms with Gasteiger partial charge in [-0.2, -0.15) is 10.1 Å². The minimum Gasteiger partial charge on any atom is -0.497 e. The van der Waals surface area contributed by atoms with Gasteiger partial charge in [-0.25, -0.2) is 5.01 Å². The lowest BCUT2D eigenvalue weighted by molar-refractivity contribution is -0.121. The van der Waals surface area contributed by atoms with Crippen LogP contribution in [0.15, 0.2) is 101 Å². The van der Waals surface area contributed by atoms with Gasteiger partial charge in [-0.3, -0.25) is 9.59 Å². The number of anilines is 1. The molecule has 2 aliphatic heterocycles. The summed E-state index contributed by atoms with van der Waals surface area (Å²) >= 11 is 1.30. The first-order valence-corrected chi connectivity index (χ1v) is 14.0. The van der Waals surface area contributed by atoms with Gasteiger partial charge in [-0.15, -0.1) is 0 Å². The average molecular weight is 549 g/mol. The summed E-state index contributed by atoms with van der Waals surface area (Å²) in [5, 5.41) is 11.9. The molecule has 40 heavy (non-hydrogen) atoms. The van der Waals surface area contributed by atoms with E-state index >= 15 is 0 Å². The largest absolute Gasteiger partial charge is 0.497 e. The molecular weight excluding hydrogens is 520 g/mol. The zero-order chi connectivity index (χ0) is 27.6. The minimum absolute atomic E-state index is 0.0345. The first-order valence-electron chi connectivity index (χ1n) is 13.1. The molecular formula is C32H28N4O3S. The molecule has 2 amide bonds. The van der Waals surface area contributed by atoms with Gasteiger partial charge in [0.05, 0.1) is 18.9 Å². The van der Waals surface area contributed by atoms with Crippen LogP contribution in [-0.2, 0) is 9.59 Å². The summed E-state index contributed by atoms with van der Waals surface area (Å²) in [6.45, 7) is 1.97. The third kappa shape index (κ3) is 5.35. The minimum atomic E-state index is -0.601. The second-order valence-electron chi connectivity index (χ2n) is 9.91. The Hall–Kier alpha value is -4.43. The standard InChI is InChI=1S/C32H28N4O3S/c1-20-6-5-9-25(16-20)33-30(37)19-29-31(38)34-32(40-29)36-28(22-12-14-26(39-2)15-13-22)18-27(35-36)24-11-10-21-7-3-4-8-23(21)17-24/h3-17,28-29H,18-19H2,1-2H3,(H,33,37). The molecule has 2 atom stereocenters. The molecule has 2 unspecified atom stereocenters. The molecule has 7 nitrogen and oxygen atoms in total. The summed E-state index contributed by atoms with van der Waals surface area (Å²) in [5.74, 6) is 0.232. The number of amidine groups is 1. The summed E-state index contributed by atoms with van der Waals surface area (Å²) in [7, 11) is 1.64. The van der Waals surface area contributed by atoms with Gasteiger partial charge in [0.1, 0.15) is 11.0 Å². The fourth-order valence-electron chi connectivity index (χ4n) is 5.02. The molecule has 0 fully saturated rings. The molecule has 2 aliphatic rings. The molecule has 6 rings (SSSR count). The van der Waals surface area contributed by atoms with E-state index in [0.717, 1.165) is 33.5 Å². The number of rotatable bonds is 6. The molecule has 8 heteroatoms. The van der Waals surface area contributed by atoms with Gasteiger partial charge >= 0.3 is 0 Å². The lowest BCUT2D eigenvalue weighted by Gasteiger charge is -2.23. The number of methoxy groups -OCH3 is 1. The molecule has 4 aromatic carbocycles. The SMILES string of the molecule is COc1ccc(C2CC(c3ccc4ccccc4c3)=NN2C2=NC(=O)C(CC(=O)Nc3cccc(C)c3)S2)cc1. The normalized spacial score (nSPS) is 18.6. The number of benzene rings is 4. The summed E-state index contributed by atoms with van der Waals surface area (Å²) in [5.41, 5.74) is 4.75. The predicted octanol–water partition coefficient (Wildman–Crippen LogP) is 6.33. The molecule has 0 aliphatic carbocycles. The van der Waals surface area contributed by atoms with Crippen LogP contribution in [0.2, 0.25) is 0 Å². The Morgan fingerprint density at radius 1 is 1.00 bits per heavy atom. The highest BCUT2D eigenvalue weighted by atomic mass is 32.2. The Bertz CT molecular complexity index is 1660. The Labute approximate surface area is 236 Å². The van der Waals surface area contributed by atoms with Crippen molar-refractivity contribution in [3.8, 4) is 5.75 Å². The Morgan fingerprint density at radius 3 is 2.58 bits per heavy atom. The highest BCUT2D eigenvalue weighted by Crippen LogP contribution is 2.39. The smallest absolute Gasteiger partial charge is 0.262 e. The van der Waals surface area contributed by atoms with Gasteiger partial charge in [0.2, 0.25) is 5.91 Å². The summed E-state index contributed by atoms with van der Waals surface area (Å²) in [6, 6.07) is 29.9. The van der Waals surface area contributed by atoms with E-state index in [4.69, 9.17) is 9.84 Å². The molecule has 4 aromatic rings. The predicted molar refractivity (Wildman–Crippen MR) is 161 cm³/mol. The van der Waals surface area contributed by atoms with Crippen molar-refractivity contribution in [2.24, 2.45) is 10.1 Å². The second kappa shape index (κ2) is 11.0. The average Bonchev–Trinajstić information content (AvgIpc) is 3.56. The van der Waals surface area contributed by atoms with Gasteiger partial charge < -0.3 is 10.1 Å². The zero-order valence-corrected chi connectivity index (χ0v) is 23.0. The number of nitrogens with zero attached hydrogens (tertiary/aromatic N) is 3. The number of thioether (sulfide) groups is 1. The number of hydrogen-bond acceptors (Lipinski definition) is 6. The van der Waals surface area contributed by atoms with Crippen LogP contribution in [0.4, 0.5) is 5.69 Å². The number of carbonyl (C=O) groups is 2. The summed E-state index contributed by atoms with van der Waals surface area (Å²) in [4.78, 5) is 30.1. The van der Waals surface area contributed by atoms with E-state index in [9.17, 15) is 9.59 Å². The molecule has 1 N–H and O–H groups in total. The summed E-state index contributed by atoms with van der Waals surface area (Å²) < 4.78 is 5.35. The molecule has 200 valence electrons. The van der Waals surface area contributed by atoms with Crippen LogP contribution in [0.25, 0.3) is 10.8 Å². The molecule has 0 bridgehead atoms. The Kier molecular flexibility index (Phi) is 7.09. The maximum Gasteiger partial charge on any atom is 0.262 e. The first-order chi connectivity index (χ1) is 19.5. The van der Waals surface area contributed by atoms with E-state index in [-0.39, 0.29) is 24.3 Å². The molecule has 0 spiro atoms. The molecule has 2 heterocycles. The molecule has 0 radical (unpaired) electrons. The van der Waals surface area contributed by atoms with Gasteiger partial charge in [0.25, 0.3) is 5.91 Å². The molecule has 0 saturated heterocycles. The fraction of sp³-hybridized carbons (Fsp3) is 0.188. The van der Waals surface area contributed by atoms with E-state index < -0.39 is 5.25 Å². The van der Waals surface area contributed by atoms with E-state index in [1.165, 1.54) is 17.1 Å². The molecule has 0 aromatic heterocycles. The van der Waals surface area contributed by atoms with Crippen LogP contribution in [0.3, 0.4) is 0 Å². The maximum absolute atomic E-state index is 12.9. The maximum atomic E-state index is 12.9. The van der Waals surface area contributed by atoms with Crippen molar-refractivity contribution in [1.29, 1.82) is 0 Å². The van der Waals surface area contributed by atoms with E-state index in [0.29, 0.717) is 17.3 Å². The third-order valence-electron chi connectivity index (χ3n) is 7.09. The lowest BCUT2D eigenvalue weighted by atomic mass is 9.97. The Balaban J connectivity index is 1.25. The van der Waals surface area contributed by atoms with Gasteiger partial charge in [0.15, 0.2) is 5.17 Å². The Morgan fingerprint density at radius 2 is 1.80 bits per heavy atom. The van der Waals surface area contributed by atoms with Crippen LogP contribution in [0, 0.1) is 6.92 Å². The van der Waals surface area contributed by atoms with Crippen LogP contribution in [0.5, 0.6) is 5.75 Å². The number of ether oxygens (including phenoxy) is 1. The topological polar surface area (TPSA) is 83.4 Å². The van der Waals surface area contributed by atoms with Crippen molar-refractivity contribution in [2.75, 3.05) is 12.4 Å². The number of hydrazone groups is 1. The first kappa shape index (κ1) is 25.8. The number of aliphatic imine (C=N–C) groups is 1. The van der Waals surface area contributed by atoms with Crippen LogP contribution < -0.4 is 10.1 Å². The van der Waals surface area contributed by atoms with Crippen molar-refractivity contribution < 1.29 is 14.3 Å². The van der Waals surface area contributed by atoms with Crippen molar-refractivity contribution in [3.63, 3.8) is 0 Å². The van der Waals surface area contributed by atoms with E-state index in [2.05, 4.69) is 40.6 Å². The van der Waals surface area contributed by atoms with Crippen molar-refractivity contribution in [2.45, 2.75) is 31.1 Å². The summed E-state index contributed by atoms with van der Waals surface area (Å²) in [6.07, 6.45) is 0.684. The number of nitrogens with one attached hydrogen (secondary N) is 1. The number of hydrogen-bond donors (Lipinski definition) is 1. The van der Waals surface area contributed by atoms with Crippen molar-refractivity contribution in [1.82, 2.24) is 5.01 Å². The quantitative estimate of drug-likeness (QED) is 0.304. The van der Waals surface area contributed by atoms with Crippen molar-refractivity contribution >= 4 is 50.9 Å². The lowest BCUT2D eigenvalue weighted by Crippen LogP contribution is -2.25. The van der Waals surface area contributed by atoms with Gasteiger partial charge in [0, 0.05) is 18.5 Å². The van der Waals surface area contributed by atoms with Crippen LogP contribution in [-0.4, -0.2) is 40.1 Å². The number of carbonyl (C=O) groups excluding carboxylic acids is 2. The highest BCUT2D eigenvalue weighted by Gasteiger charge is 2.39. The van der Waals surface area contributed by atoms with Gasteiger partial charge in [-0.1, -0.05) is 72.4 Å². The number of fused-ring (bicyclic) bond motifs is 1. The van der Waals surface area contributed by atoms with Gasteiger partial charge in [-0.05, 0) is 64.7 Å². The van der Waals surface area contributed by atoms with E-state index in [1.807, 2.05) is 72.6 Å². The van der Waals surface area contributed by atoms with Crippen molar-refractivity contribution in [3.05, 3.63) is 108 Å². The molecule has 0 saturated carbocycles. The van der Waals surface area contributed by atoms with Crippen LogP contribution in [0.1, 0.15) is 35.6 Å². The number of aryl methyl sites for hydroxylation is 1. The van der Waals surface area contributed by atoms with Crippen LogP contribution >= 0.6 is 11.8 Å². The zero-order valence-electron chi connectivity index (χ0n) is 22.2. The second-order valence-corrected chi connectivity index (χ2v) is 11.1. The fourth-order valence-corrected chi connectivity index (χ4v) is 6.08. The van der Waals surface area contributed by atoms with E-state index in [1.54, 1.807) is 7.11 Å². The monoisotopic (exact) mass is 548 g/mol. The number of amides is 2.